The normalized spacial score (nSPS) is 18.9. The summed E-state index contributed by atoms with van der Waals surface area (Å²) in [5.41, 5.74) is -0.963. The van der Waals surface area contributed by atoms with Crippen LogP contribution in [0.2, 0.25) is 0 Å². The van der Waals surface area contributed by atoms with Gasteiger partial charge in [0, 0.05) is 13.5 Å². The number of rotatable bonds is 4. The van der Waals surface area contributed by atoms with E-state index < -0.39 is 5.67 Å². The molecule has 0 atom stereocenters. The third-order valence-corrected chi connectivity index (χ3v) is 2.08. The van der Waals surface area contributed by atoms with Crippen LogP contribution in [0.4, 0.5) is 4.39 Å². The quantitative estimate of drug-likeness (QED) is 0.759. The number of halogens is 1. The smallest absolute Gasteiger partial charge is 0.230 e. The molecule has 0 amide bonds. The van der Waals surface area contributed by atoms with Crippen molar-refractivity contribution in [2.45, 2.75) is 32.0 Å². The summed E-state index contributed by atoms with van der Waals surface area (Å²) in [6, 6.07) is 0. The number of aromatic nitrogens is 2. The monoisotopic (exact) mass is 185 g/mol. The molecule has 1 aliphatic rings. The Morgan fingerprint density at radius 1 is 1.54 bits per heavy atom. The average Bonchev–Trinajstić information content (AvgIpc) is 2.65. The van der Waals surface area contributed by atoms with Crippen LogP contribution in [-0.4, -0.2) is 22.4 Å². The van der Waals surface area contributed by atoms with Crippen molar-refractivity contribution < 1.29 is 8.81 Å². The fourth-order valence-corrected chi connectivity index (χ4v) is 1.11. The summed E-state index contributed by atoms with van der Waals surface area (Å²) in [7, 11) is 0. The van der Waals surface area contributed by atoms with Gasteiger partial charge >= 0.3 is 0 Å². The van der Waals surface area contributed by atoms with Crippen LogP contribution in [0.25, 0.3) is 0 Å². The van der Waals surface area contributed by atoms with Gasteiger partial charge in [-0.25, -0.2) is 4.39 Å². The SMILES string of the molecule is Cc1nnc(CNCC2(F)CC2)o1. The van der Waals surface area contributed by atoms with Gasteiger partial charge in [0.2, 0.25) is 11.8 Å². The molecule has 0 radical (unpaired) electrons. The van der Waals surface area contributed by atoms with E-state index in [0.717, 1.165) is 0 Å². The Balaban J connectivity index is 1.73. The molecule has 1 aromatic rings. The number of hydrogen-bond donors (Lipinski definition) is 1. The van der Waals surface area contributed by atoms with Crippen LogP contribution in [-0.2, 0) is 6.54 Å². The van der Waals surface area contributed by atoms with Crippen LogP contribution in [0.15, 0.2) is 4.42 Å². The zero-order valence-corrected chi connectivity index (χ0v) is 7.51. The Kier molecular flexibility index (Phi) is 2.03. The summed E-state index contributed by atoms with van der Waals surface area (Å²) >= 11 is 0. The molecule has 0 aliphatic heterocycles. The molecule has 13 heavy (non-hydrogen) atoms. The van der Waals surface area contributed by atoms with Gasteiger partial charge in [0.05, 0.1) is 6.54 Å². The summed E-state index contributed by atoms with van der Waals surface area (Å²) < 4.78 is 18.2. The summed E-state index contributed by atoms with van der Waals surface area (Å²) in [6.45, 7) is 2.56. The van der Waals surface area contributed by atoms with E-state index in [1.807, 2.05) is 0 Å². The second-order valence-corrected chi connectivity index (χ2v) is 3.47. The second kappa shape index (κ2) is 3.06. The highest BCUT2D eigenvalue weighted by Gasteiger charge is 2.42. The molecule has 1 aromatic heterocycles. The van der Waals surface area contributed by atoms with E-state index in [-0.39, 0.29) is 0 Å². The molecular weight excluding hydrogens is 173 g/mol. The first-order chi connectivity index (χ1) is 6.18. The third kappa shape index (κ3) is 2.24. The summed E-state index contributed by atoms with van der Waals surface area (Å²) in [6.07, 6.45) is 1.34. The number of nitrogens with zero attached hydrogens (tertiary/aromatic N) is 2. The number of hydrogen-bond acceptors (Lipinski definition) is 4. The highest BCUT2D eigenvalue weighted by atomic mass is 19.1. The maximum absolute atomic E-state index is 13.1. The van der Waals surface area contributed by atoms with Crippen molar-refractivity contribution >= 4 is 0 Å². The van der Waals surface area contributed by atoms with E-state index in [4.69, 9.17) is 4.42 Å². The second-order valence-electron chi connectivity index (χ2n) is 3.47. The predicted molar refractivity (Wildman–Crippen MR) is 43.8 cm³/mol. The summed E-state index contributed by atoms with van der Waals surface area (Å²) in [4.78, 5) is 0. The first-order valence-corrected chi connectivity index (χ1v) is 4.37. The molecule has 1 saturated carbocycles. The number of alkyl halides is 1. The van der Waals surface area contributed by atoms with Crippen molar-refractivity contribution in [3.8, 4) is 0 Å². The highest BCUT2D eigenvalue weighted by molar-refractivity contribution is 4.96. The van der Waals surface area contributed by atoms with E-state index in [9.17, 15) is 4.39 Å². The standard InChI is InChI=1S/C8H12FN3O/c1-6-11-12-7(13-6)4-10-5-8(9)2-3-8/h10H,2-5H2,1H3. The first-order valence-electron chi connectivity index (χ1n) is 4.37. The zero-order chi connectivity index (χ0) is 9.31. The summed E-state index contributed by atoms with van der Waals surface area (Å²) in [5.74, 6) is 1.06. The van der Waals surface area contributed by atoms with E-state index in [0.29, 0.717) is 37.7 Å². The lowest BCUT2D eigenvalue weighted by Crippen LogP contribution is -2.24. The van der Waals surface area contributed by atoms with Gasteiger partial charge in [-0.1, -0.05) is 0 Å². The lowest BCUT2D eigenvalue weighted by atomic mass is 10.4. The lowest BCUT2D eigenvalue weighted by molar-refractivity contribution is 0.290. The minimum absolute atomic E-state index is 0.383. The molecule has 2 rings (SSSR count). The Morgan fingerprint density at radius 2 is 2.31 bits per heavy atom. The van der Waals surface area contributed by atoms with Gasteiger partial charge in [0.15, 0.2) is 0 Å². The van der Waals surface area contributed by atoms with Gasteiger partial charge in [-0.05, 0) is 12.8 Å². The Bertz CT molecular complexity index is 295. The summed E-state index contributed by atoms with van der Waals surface area (Å²) in [5, 5.41) is 10.4. The molecule has 1 fully saturated rings. The highest BCUT2D eigenvalue weighted by Crippen LogP contribution is 2.38. The number of aryl methyl sites for hydroxylation is 1. The topological polar surface area (TPSA) is 51.0 Å². The van der Waals surface area contributed by atoms with Gasteiger partial charge in [0.25, 0.3) is 0 Å². The van der Waals surface area contributed by atoms with Crippen LogP contribution < -0.4 is 5.32 Å². The minimum atomic E-state index is -0.963. The molecule has 1 N–H and O–H groups in total. The fraction of sp³-hybridized carbons (Fsp3) is 0.750. The minimum Gasteiger partial charge on any atom is -0.424 e. The molecule has 0 saturated heterocycles. The molecular formula is C8H12FN3O. The van der Waals surface area contributed by atoms with E-state index in [1.165, 1.54) is 0 Å². The molecule has 0 spiro atoms. The Labute approximate surface area is 75.5 Å². The Hall–Kier alpha value is -0.970. The molecule has 4 nitrogen and oxygen atoms in total. The Morgan fingerprint density at radius 3 is 2.85 bits per heavy atom. The van der Waals surface area contributed by atoms with Crippen molar-refractivity contribution in [2.75, 3.05) is 6.54 Å². The van der Waals surface area contributed by atoms with E-state index in [2.05, 4.69) is 15.5 Å². The third-order valence-electron chi connectivity index (χ3n) is 2.08. The fourth-order valence-electron chi connectivity index (χ4n) is 1.11. The van der Waals surface area contributed by atoms with Crippen molar-refractivity contribution in [3.63, 3.8) is 0 Å². The van der Waals surface area contributed by atoms with Gasteiger partial charge in [-0.3, -0.25) is 0 Å². The van der Waals surface area contributed by atoms with Crippen molar-refractivity contribution in [3.05, 3.63) is 11.8 Å². The van der Waals surface area contributed by atoms with Gasteiger partial charge in [0.1, 0.15) is 5.67 Å². The van der Waals surface area contributed by atoms with Crippen molar-refractivity contribution in [1.29, 1.82) is 0 Å². The predicted octanol–water partition coefficient (Wildman–Crippen LogP) is 0.970. The van der Waals surface area contributed by atoms with Gasteiger partial charge in [-0.2, -0.15) is 0 Å². The molecule has 1 heterocycles. The van der Waals surface area contributed by atoms with E-state index >= 15 is 0 Å². The van der Waals surface area contributed by atoms with Crippen LogP contribution >= 0.6 is 0 Å². The van der Waals surface area contributed by atoms with Crippen LogP contribution in [0.1, 0.15) is 24.6 Å². The van der Waals surface area contributed by atoms with Crippen molar-refractivity contribution in [2.24, 2.45) is 0 Å². The molecule has 5 heteroatoms. The van der Waals surface area contributed by atoms with Crippen LogP contribution in [0.5, 0.6) is 0 Å². The molecule has 1 aliphatic carbocycles. The number of nitrogens with one attached hydrogen (secondary N) is 1. The molecule has 72 valence electrons. The van der Waals surface area contributed by atoms with Crippen molar-refractivity contribution in [1.82, 2.24) is 15.5 Å². The van der Waals surface area contributed by atoms with Crippen LogP contribution in [0, 0.1) is 6.92 Å². The van der Waals surface area contributed by atoms with Gasteiger partial charge in [-0.15, -0.1) is 10.2 Å². The maximum atomic E-state index is 13.1. The first kappa shape index (κ1) is 8.62. The maximum Gasteiger partial charge on any atom is 0.230 e. The lowest BCUT2D eigenvalue weighted by Gasteiger charge is -2.03. The average molecular weight is 185 g/mol. The van der Waals surface area contributed by atoms with Crippen LogP contribution in [0.3, 0.4) is 0 Å². The van der Waals surface area contributed by atoms with E-state index in [1.54, 1.807) is 6.92 Å². The molecule has 0 aromatic carbocycles. The zero-order valence-electron chi connectivity index (χ0n) is 7.51. The van der Waals surface area contributed by atoms with Gasteiger partial charge < -0.3 is 9.73 Å². The molecule has 0 unspecified atom stereocenters. The largest absolute Gasteiger partial charge is 0.424 e. The molecule has 0 bridgehead atoms.